The van der Waals surface area contributed by atoms with E-state index in [1.54, 1.807) is 0 Å². The van der Waals surface area contributed by atoms with Gasteiger partial charge >= 0.3 is 0 Å². The first-order chi connectivity index (χ1) is 59.9. The second-order valence-electron chi connectivity index (χ2n) is 31.4. The molecule has 0 spiro atoms. The van der Waals surface area contributed by atoms with Crippen LogP contribution >= 0.6 is 0 Å². The summed E-state index contributed by atoms with van der Waals surface area (Å²) >= 11 is 0. The Morgan fingerprint density at radius 1 is 0.163 bits per heavy atom. The van der Waals surface area contributed by atoms with E-state index in [0.717, 1.165) is 33.9 Å². The number of nitrogens with zero attached hydrogens (tertiary/aromatic N) is 5. The van der Waals surface area contributed by atoms with Gasteiger partial charge in [0.2, 0.25) is 0 Å². The molecule has 0 bridgehead atoms. The van der Waals surface area contributed by atoms with Gasteiger partial charge in [-0.2, -0.15) is 5.26 Å². The number of nitriles is 1. The first-order valence-corrected chi connectivity index (χ1v) is 43.4. The molecule has 19 aromatic carbocycles. The fourth-order valence-corrected chi connectivity index (χ4v) is 23.7. The first kappa shape index (κ1) is 75.8. The Kier molecular flexibility index (Phi) is 19.8. The molecule has 0 aliphatic carbocycles. The largest absolute Gasteiger partial charge is 0.309 e. The van der Waals surface area contributed by atoms with E-state index in [4.69, 9.17) is 0 Å². The molecular formula is C117H85N5Si. The Hall–Kier alpha value is -15.9. The van der Waals surface area contributed by atoms with E-state index in [1.807, 2.05) is 24.3 Å². The third kappa shape index (κ3) is 13.3. The zero-order valence-electron chi connectivity index (χ0n) is 66.2. The van der Waals surface area contributed by atoms with Gasteiger partial charge in [-0.25, -0.2) is 0 Å². The lowest BCUT2D eigenvalue weighted by atomic mass is 10.0. The van der Waals surface area contributed by atoms with Crippen molar-refractivity contribution < 1.29 is 0 Å². The van der Waals surface area contributed by atoms with Crippen molar-refractivity contribution in [2.75, 3.05) is 0 Å². The molecule has 6 heteroatoms. The van der Waals surface area contributed by atoms with E-state index in [0.29, 0.717) is 5.56 Å². The molecule has 0 aliphatic rings. The lowest BCUT2D eigenvalue weighted by Gasteiger charge is -2.34. The van der Waals surface area contributed by atoms with Gasteiger partial charge in [0.05, 0.1) is 55.8 Å². The van der Waals surface area contributed by atoms with Crippen molar-refractivity contribution in [3.05, 3.63) is 473 Å². The number of aromatic nitrogens is 4. The highest BCUT2D eigenvalue weighted by Crippen LogP contribution is 2.43. The summed E-state index contributed by atoms with van der Waals surface area (Å²) in [6.07, 6.45) is 0. The average molecular weight is 1590 g/mol. The SMILES string of the molecule is C.C.N#Cc1ccc(-c2ccc(-n3c4ccccc4c4cc(-c5ccc6c(c5)c5ccccc5n6-c5ccc(-c6ccccc6)cc5)ccc43)cc2)cc1.c1ccc(-c2ccc(-n3c4ccccc4c4cc(-c5ccc6c(c5)c5ccccc5n6-c5ccc(-c6cccc([Si](c7ccccc7)(c7ccccc7)c7ccccc7)c6)cc5)ccc43)cc2)cc1. The molecule has 0 amide bonds. The standard InChI is InChI=1S/C66H46N2Si.C49H31N3.2CH4/c1-5-18-47(19-6-1)48-32-38-53(39-33-48)67-63-30-15-13-28-59(63)61-45-51(36-42-65(61)67)52-37-43-66-62(46-52)60-29-14-16-31-64(60)68(66)54-40-34-49(35-41-54)50-20-17-27-58(44-50)69(55-21-7-2-8-22-55,56-23-9-3-10-24-56)57-25-11-4-12-26-57;50-32-33-14-16-35(17-15-33)37-20-26-41(27-21-37)52-47-13-7-5-11-43(47)45-31-39(23-29-49(45)52)38-22-28-48-44(30-38)42-10-4-6-12-46(42)51(48)40-24-18-36(19-25-40)34-8-2-1-3-9-34;;/h1-46H;1-31H;2*1H4. The molecule has 123 heavy (non-hydrogen) atoms. The van der Waals surface area contributed by atoms with Crippen molar-refractivity contribution in [3.8, 4) is 95.6 Å². The molecule has 23 aromatic rings. The molecule has 5 nitrogen and oxygen atoms in total. The summed E-state index contributed by atoms with van der Waals surface area (Å²) in [6, 6.07) is 172. The Bertz CT molecular complexity index is 7780. The van der Waals surface area contributed by atoms with Crippen LogP contribution in [0.2, 0.25) is 0 Å². The van der Waals surface area contributed by atoms with Gasteiger partial charge in [-0.05, 0) is 221 Å². The summed E-state index contributed by atoms with van der Waals surface area (Å²) in [6.45, 7) is 0. The molecule has 0 fully saturated rings. The van der Waals surface area contributed by atoms with Crippen LogP contribution in [-0.4, -0.2) is 26.3 Å². The summed E-state index contributed by atoms with van der Waals surface area (Å²) in [5.41, 5.74) is 29.1. The maximum absolute atomic E-state index is 9.20. The molecule has 0 unspecified atom stereocenters. The number of hydrogen-bond acceptors (Lipinski definition) is 1. The second-order valence-corrected chi connectivity index (χ2v) is 35.2. The smallest absolute Gasteiger partial charge is 0.179 e. The highest BCUT2D eigenvalue weighted by Gasteiger charge is 2.41. The predicted octanol–water partition coefficient (Wildman–Crippen LogP) is 28.3. The average Bonchev–Trinajstić information content (AvgIpc) is 1.23. The monoisotopic (exact) mass is 1590 g/mol. The predicted molar refractivity (Wildman–Crippen MR) is 525 cm³/mol. The third-order valence-corrected chi connectivity index (χ3v) is 29.4. The van der Waals surface area contributed by atoms with Crippen LogP contribution in [0.15, 0.2) is 467 Å². The van der Waals surface area contributed by atoms with Gasteiger partial charge in [0, 0.05) is 65.8 Å². The highest BCUT2D eigenvalue weighted by molar-refractivity contribution is 7.20. The lowest BCUT2D eigenvalue weighted by Crippen LogP contribution is -2.74. The summed E-state index contributed by atoms with van der Waals surface area (Å²) in [4.78, 5) is 0. The van der Waals surface area contributed by atoms with Gasteiger partial charge in [-0.15, -0.1) is 0 Å². The van der Waals surface area contributed by atoms with Crippen LogP contribution in [0.1, 0.15) is 20.4 Å². The molecule has 23 rings (SSSR count). The maximum Gasteiger partial charge on any atom is 0.179 e. The van der Waals surface area contributed by atoms with Crippen molar-refractivity contribution in [2.24, 2.45) is 0 Å². The van der Waals surface area contributed by atoms with Crippen molar-refractivity contribution >= 4 is 116 Å². The van der Waals surface area contributed by atoms with Crippen LogP contribution in [0.4, 0.5) is 0 Å². The Balaban J connectivity index is 0.000000160. The number of para-hydroxylation sites is 4. The summed E-state index contributed by atoms with van der Waals surface area (Å²) in [5, 5.41) is 24.6. The Morgan fingerprint density at radius 2 is 0.366 bits per heavy atom. The lowest BCUT2D eigenvalue weighted by molar-refractivity contribution is 1.18. The number of benzene rings is 19. The molecule has 0 N–H and O–H groups in total. The van der Waals surface area contributed by atoms with Gasteiger partial charge in [0.1, 0.15) is 0 Å². The Labute approximate surface area is 717 Å². The van der Waals surface area contributed by atoms with E-state index in [9.17, 15) is 5.26 Å². The first-order valence-electron chi connectivity index (χ1n) is 41.4. The molecule has 0 saturated heterocycles. The van der Waals surface area contributed by atoms with Crippen molar-refractivity contribution in [2.45, 2.75) is 14.9 Å². The zero-order chi connectivity index (χ0) is 80.3. The number of fused-ring (bicyclic) bond motifs is 12. The van der Waals surface area contributed by atoms with Crippen molar-refractivity contribution in [3.63, 3.8) is 0 Å². The summed E-state index contributed by atoms with van der Waals surface area (Å²) in [5.74, 6) is 0. The van der Waals surface area contributed by atoms with Gasteiger partial charge in [-0.3, -0.25) is 0 Å². The zero-order valence-corrected chi connectivity index (χ0v) is 67.2. The fraction of sp³-hybridized carbons (Fsp3) is 0.0171. The summed E-state index contributed by atoms with van der Waals surface area (Å²) in [7, 11) is -2.67. The molecule has 4 heterocycles. The van der Waals surface area contributed by atoms with Crippen LogP contribution in [0.25, 0.3) is 177 Å². The third-order valence-electron chi connectivity index (χ3n) is 24.7. The molecule has 4 aromatic heterocycles. The maximum atomic E-state index is 9.20. The number of rotatable bonds is 14. The second kappa shape index (κ2) is 32.1. The van der Waals surface area contributed by atoms with E-state index >= 15 is 0 Å². The number of hydrogen-bond donors (Lipinski definition) is 0. The van der Waals surface area contributed by atoms with E-state index in [-0.39, 0.29) is 14.9 Å². The van der Waals surface area contributed by atoms with Crippen molar-refractivity contribution in [1.29, 1.82) is 5.26 Å². The van der Waals surface area contributed by atoms with Crippen LogP contribution in [0.5, 0.6) is 0 Å². The van der Waals surface area contributed by atoms with E-state index in [2.05, 4.69) is 467 Å². The molecule has 0 saturated carbocycles. The molecule has 0 radical (unpaired) electrons. The molecule has 0 atom stereocenters. The van der Waals surface area contributed by atoms with Gasteiger partial charge in [0.25, 0.3) is 0 Å². The topological polar surface area (TPSA) is 43.5 Å². The fourth-order valence-electron chi connectivity index (χ4n) is 18.9. The van der Waals surface area contributed by atoms with E-state index in [1.165, 1.54) is 164 Å². The van der Waals surface area contributed by atoms with Gasteiger partial charge in [0.15, 0.2) is 8.07 Å². The molecule has 582 valence electrons. The van der Waals surface area contributed by atoms with Gasteiger partial charge < -0.3 is 18.3 Å². The van der Waals surface area contributed by atoms with Crippen LogP contribution in [0.3, 0.4) is 0 Å². The van der Waals surface area contributed by atoms with Crippen molar-refractivity contribution in [1.82, 2.24) is 18.3 Å². The molecular weight excluding hydrogens is 1500 g/mol. The minimum absolute atomic E-state index is 0. The Morgan fingerprint density at radius 3 is 0.650 bits per heavy atom. The summed E-state index contributed by atoms with van der Waals surface area (Å²) < 4.78 is 9.56. The van der Waals surface area contributed by atoms with Gasteiger partial charge in [-0.1, -0.05) is 349 Å². The van der Waals surface area contributed by atoms with Crippen LogP contribution < -0.4 is 20.7 Å². The normalized spacial score (nSPS) is 11.4. The van der Waals surface area contributed by atoms with Crippen LogP contribution in [0, 0.1) is 11.3 Å². The minimum atomic E-state index is -2.67. The van der Waals surface area contributed by atoms with Crippen LogP contribution in [-0.2, 0) is 0 Å². The minimum Gasteiger partial charge on any atom is -0.309 e. The van der Waals surface area contributed by atoms with E-state index < -0.39 is 8.07 Å². The highest BCUT2D eigenvalue weighted by atomic mass is 28.3. The molecule has 0 aliphatic heterocycles. The quantitative estimate of drug-likeness (QED) is 0.0790.